The van der Waals surface area contributed by atoms with Crippen LogP contribution in [0.2, 0.25) is 0 Å². The highest BCUT2D eigenvalue weighted by molar-refractivity contribution is 5.76. The summed E-state index contributed by atoms with van der Waals surface area (Å²) in [6, 6.07) is 8.52. The van der Waals surface area contributed by atoms with Crippen molar-refractivity contribution in [1.82, 2.24) is 25.1 Å². The van der Waals surface area contributed by atoms with Crippen LogP contribution in [0.5, 0.6) is 0 Å². The van der Waals surface area contributed by atoms with Crippen molar-refractivity contribution in [2.75, 3.05) is 0 Å². The van der Waals surface area contributed by atoms with Crippen LogP contribution in [0.15, 0.2) is 24.3 Å². The van der Waals surface area contributed by atoms with E-state index in [9.17, 15) is 4.79 Å². The van der Waals surface area contributed by atoms with Crippen molar-refractivity contribution in [3.05, 3.63) is 29.8 Å². The van der Waals surface area contributed by atoms with Gasteiger partial charge in [0.15, 0.2) is 0 Å². The Morgan fingerprint density at radius 2 is 1.83 bits per heavy atom. The Hall–Kier alpha value is -2.24. The van der Waals surface area contributed by atoms with Gasteiger partial charge in [0.1, 0.15) is 6.54 Å². The smallest absolute Gasteiger partial charge is 0.246 e. The number of carbonyl (C=O) groups is 1. The second-order valence-corrected chi connectivity index (χ2v) is 6.44. The Balaban J connectivity index is 1.71. The molecule has 2 atom stereocenters. The van der Waals surface area contributed by atoms with Crippen LogP contribution in [-0.4, -0.2) is 43.1 Å². The molecule has 1 amide bonds. The van der Waals surface area contributed by atoms with Gasteiger partial charge in [0, 0.05) is 17.6 Å². The fraction of sp³-hybridized carbons (Fsp3) is 0.529. The number of likely N-dealkylation sites (tertiary alicyclic amines) is 1. The lowest BCUT2D eigenvalue weighted by molar-refractivity contribution is -0.138. The number of nitrogens with zero attached hydrogens (tertiary/aromatic N) is 5. The lowest BCUT2D eigenvalue weighted by atomic mass is 9.97. The van der Waals surface area contributed by atoms with Gasteiger partial charge in [0.2, 0.25) is 11.7 Å². The Kier molecular flexibility index (Phi) is 4.41. The Morgan fingerprint density at radius 3 is 2.48 bits per heavy atom. The SMILES string of the molecule is Cc1ccc(-c2nnn(CC(=O)N3[C@H](C)CCC[C@H]3C)n2)cc1. The number of carbonyl (C=O) groups excluding carboxylic acids is 1. The topological polar surface area (TPSA) is 63.9 Å². The predicted molar refractivity (Wildman–Crippen MR) is 87.6 cm³/mol. The third-order valence-electron chi connectivity index (χ3n) is 4.52. The van der Waals surface area contributed by atoms with Gasteiger partial charge in [-0.1, -0.05) is 29.8 Å². The molecule has 1 aromatic heterocycles. The number of hydrogen-bond acceptors (Lipinski definition) is 4. The highest BCUT2D eigenvalue weighted by Gasteiger charge is 2.29. The maximum absolute atomic E-state index is 12.6. The number of benzene rings is 1. The molecule has 6 heteroatoms. The summed E-state index contributed by atoms with van der Waals surface area (Å²) in [5, 5.41) is 12.4. The zero-order chi connectivity index (χ0) is 16.4. The molecule has 6 nitrogen and oxygen atoms in total. The first kappa shape index (κ1) is 15.6. The van der Waals surface area contributed by atoms with Crippen molar-refractivity contribution in [2.45, 2.75) is 58.7 Å². The monoisotopic (exact) mass is 313 g/mol. The van der Waals surface area contributed by atoms with E-state index in [4.69, 9.17) is 0 Å². The van der Waals surface area contributed by atoms with Gasteiger partial charge < -0.3 is 4.90 Å². The molecule has 0 N–H and O–H groups in total. The zero-order valence-electron chi connectivity index (χ0n) is 13.9. The van der Waals surface area contributed by atoms with E-state index in [1.54, 1.807) is 0 Å². The van der Waals surface area contributed by atoms with Gasteiger partial charge in [-0.05, 0) is 45.2 Å². The van der Waals surface area contributed by atoms with Gasteiger partial charge >= 0.3 is 0 Å². The van der Waals surface area contributed by atoms with Crippen LogP contribution >= 0.6 is 0 Å². The summed E-state index contributed by atoms with van der Waals surface area (Å²) < 4.78 is 0. The van der Waals surface area contributed by atoms with Crippen molar-refractivity contribution >= 4 is 5.91 Å². The summed E-state index contributed by atoms with van der Waals surface area (Å²) in [7, 11) is 0. The van der Waals surface area contributed by atoms with Crippen molar-refractivity contribution in [3.8, 4) is 11.4 Å². The van der Waals surface area contributed by atoms with Crippen molar-refractivity contribution in [3.63, 3.8) is 0 Å². The molecule has 0 saturated carbocycles. The van der Waals surface area contributed by atoms with Crippen LogP contribution < -0.4 is 0 Å². The van der Waals surface area contributed by atoms with Crippen LogP contribution in [0, 0.1) is 6.92 Å². The van der Waals surface area contributed by atoms with Crippen molar-refractivity contribution < 1.29 is 4.79 Å². The fourth-order valence-corrected chi connectivity index (χ4v) is 3.24. The average molecular weight is 313 g/mol. The molecular formula is C17H23N5O. The lowest BCUT2D eigenvalue weighted by Crippen LogP contribution is -2.48. The molecule has 1 aliphatic heterocycles. The molecular weight excluding hydrogens is 290 g/mol. The number of amides is 1. The highest BCUT2D eigenvalue weighted by atomic mass is 16.2. The number of piperidine rings is 1. The van der Waals surface area contributed by atoms with E-state index in [1.807, 2.05) is 36.1 Å². The van der Waals surface area contributed by atoms with Gasteiger partial charge in [-0.2, -0.15) is 4.80 Å². The van der Waals surface area contributed by atoms with Gasteiger partial charge in [-0.15, -0.1) is 10.2 Å². The minimum atomic E-state index is 0.0672. The molecule has 3 rings (SSSR count). The van der Waals surface area contributed by atoms with Crippen LogP contribution in [0.3, 0.4) is 0 Å². The maximum atomic E-state index is 12.6. The molecule has 0 aliphatic carbocycles. The number of aromatic nitrogens is 4. The Morgan fingerprint density at radius 1 is 1.17 bits per heavy atom. The van der Waals surface area contributed by atoms with Gasteiger partial charge in [-0.3, -0.25) is 4.79 Å². The molecule has 0 radical (unpaired) electrons. The first-order chi connectivity index (χ1) is 11.0. The number of aryl methyl sites for hydroxylation is 1. The third-order valence-corrected chi connectivity index (χ3v) is 4.52. The zero-order valence-corrected chi connectivity index (χ0v) is 13.9. The van der Waals surface area contributed by atoms with E-state index in [1.165, 1.54) is 16.8 Å². The summed E-state index contributed by atoms with van der Waals surface area (Å²) in [5.74, 6) is 0.620. The quantitative estimate of drug-likeness (QED) is 0.873. The molecule has 0 unspecified atom stereocenters. The lowest BCUT2D eigenvalue weighted by Gasteiger charge is -2.38. The van der Waals surface area contributed by atoms with E-state index in [0.29, 0.717) is 5.82 Å². The molecule has 2 heterocycles. The summed E-state index contributed by atoms with van der Waals surface area (Å²) in [6.07, 6.45) is 3.32. The molecule has 1 aliphatic rings. The molecule has 1 saturated heterocycles. The minimum absolute atomic E-state index is 0.0672. The summed E-state index contributed by atoms with van der Waals surface area (Å²) in [4.78, 5) is 15.9. The molecule has 122 valence electrons. The molecule has 0 spiro atoms. The number of tetrazole rings is 1. The van der Waals surface area contributed by atoms with Crippen molar-refractivity contribution in [2.24, 2.45) is 0 Å². The van der Waals surface area contributed by atoms with Crippen LogP contribution in [0.25, 0.3) is 11.4 Å². The first-order valence-corrected chi connectivity index (χ1v) is 8.20. The van der Waals surface area contributed by atoms with E-state index >= 15 is 0 Å². The second-order valence-electron chi connectivity index (χ2n) is 6.44. The highest BCUT2D eigenvalue weighted by Crippen LogP contribution is 2.22. The summed E-state index contributed by atoms with van der Waals surface area (Å²) >= 11 is 0. The van der Waals surface area contributed by atoms with Gasteiger partial charge in [0.25, 0.3) is 0 Å². The van der Waals surface area contributed by atoms with Crippen molar-refractivity contribution in [1.29, 1.82) is 0 Å². The number of rotatable bonds is 3. The summed E-state index contributed by atoms with van der Waals surface area (Å²) in [6.45, 7) is 6.40. The molecule has 1 aromatic carbocycles. The molecule has 0 bridgehead atoms. The van der Waals surface area contributed by atoms with E-state index < -0.39 is 0 Å². The van der Waals surface area contributed by atoms with Gasteiger partial charge in [-0.25, -0.2) is 0 Å². The Labute approximate surface area is 136 Å². The van der Waals surface area contributed by atoms with Crippen LogP contribution in [0.4, 0.5) is 0 Å². The minimum Gasteiger partial charge on any atom is -0.336 e. The normalized spacial score (nSPS) is 21.4. The van der Waals surface area contributed by atoms with E-state index in [-0.39, 0.29) is 24.5 Å². The Bertz CT molecular complexity index is 669. The molecule has 23 heavy (non-hydrogen) atoms. The number of hydrogen-bond donors (Lipinski definition) is 0. The first-order valence-electron chi connectivity index (χ1n) is 8.20. The third kappa shape index (κ3) is 3.41. The maximum Gasteiger partial charge on any atom is 0.246 e. The van der Waals surface area contributed by atoms with Crippen LogP contribution in [-0.2, 0) is 11.3 Å². The fourth-order valence-electron chi connectivity index (χ4n) is 3.24. The average Bonchev–Trinajstić information content (AvgIpc) is 2.96. The largest absolute Gasteiger partial charge is 0.336 e. The standard InChI is InChI=1S/C17H23N5O/c1-12-7-9-15(10-8-12)17-18-20-21(19-17)11-16(23)22-13(2)5-4-6-14(22)3/h7-10,13-14H,4-6,11H2,1-3H3/t13-,14-/m1/s1. The molecule has 2 aromatic rings. The predicted octanol–water partition coefficient (Wildman–Crippen LogP) is 2.44. The van der Waals surface area contributed by atoms with E-state index in [2.05, 4.69) is 29.3 Å². The van der Waals surface area contributed by atoms with Crippen LogP contribution in [0.1, 0.15) is 38.7 Å². The second kappa shape index (κ2) is 6.48. The molecule has 1 fully saturated rings. The van der Waals surface area contributed by atoms with E-state index in [0.717, 1.165) is 18.4 Å². The summed E-state index contributed by atoms with van der Waals surface area (Å²) in [5.41, 5.74) is 2.10. The van der Waals surface area contributed by atoms with Gasteiger partial charge in [0.05, 0.1) is 0 Å².